The Morgan fingerprint density at radius 2 is 2.10 bits per heavy atom. The van der Waals surface area contributed by atoms with Crippen LogP contribution in [0.2, 0.25) is 0 Å². The lowest BCUT2D eigenvalue weighted by atomic mass is 9.89. The normalized spacial score (nSPS) is 29.3. The van der Waals surface area contributed by atoms with Gasteiger partial charge in [0.2, 0.25) is 0 Å². The third kappa shape index (κ3) is 3.41. The van der Waals surface area contributed by atoms with Gasteiger partial charge in [-0.15, -0.1) is 0 Å². The largest absolute Gasteiger partial charge is 0.494 e. The Labute approximate surface area is 127 Å². The zero-order chi connectivity index (χ0) is 14.7. The Balaban J connectivity index is 1.56. The molecule has 0 radical (unpaired) electrons. The van der Waals surface area contributed by atoms with Gasteiger partial charge in [0.05, 0.1) is 12.7 Å². The summed E-state index contributed by atoms with van der Waals surface area (Å²) < 4.78 is 5.59. The molecule has 2 aliphatic rings. The van der Waals surface area contributed by atoms with Gasteiger partial charge in [-0.3, -0.25) is 0 Å². The summed E-state index contributed by atoms with van der Waals surface area (Å²) >= 11 is 0. The molecule has 1 aromatic rings. The molecule has 0 aromatic heterocycles. The molecule has 2 N–H and O–H groups in total. The monoisotopic (exact) mass is 289 g/mol. The van der Waals surface area contributed by atoms with E-state index in [1.165, 1.54) is 19.3 Å². The molecule has 1 aromatic carbocycles. The second-order valence-electron chi connectivity index (χ2n) is 6.54. The fourth-order valence-electron chi connectivity index (χ4n) is 3.94. The number of hydrogen-bond acceptors (Lipinski definition) is 3. The van der Waals surface area contributed by atoms with Crippen LogP contribution >= 0.6 is 0 Å². The molecule has 1 aliphatic heterocycles. The number of aliphatic hydroxyl groups is 1. The minimum Gasteiger partial charge on any atom is -0.494 e. The van der Waals surface area contributed by atoms with Gasteiger partial charge < -0.3 is 15.2 Å². The van der Waals surface area contributed by atoms with Crippen molar-refractivity contribution in [1.29, 1.82) is 0 Å². The van der Waals surface area contributed by atoms with Gasteiger partial charge in [-0.1, -0.05) is 25.5 Å². The van der Waals surface area contributed by atoms with Crippen LogP contribution in [0.4, 0.5) is 0 Å². The van der Waals surface area contributed by atoms with Crippen molar-refractivity contribution in [3.05, 3.63) is 29.8 Å². The number of fused-ring (bicyclic) bond motifs is 1. The predicted octanol–water partition coefficient (Wildman–Crippen LogP) is 3.29. The van der Waals surface area contributed by atoms with Crippen LogP contribution in [-0.2, 0) is 0 Å². The molecule has 116 valence electrons. The highest BCUT2D eigenvalue weighted by atomic mass is 16.5. The number of benzene rings is 1. The van der Waals surface area contributed by atoms with Gasteiger partial charge >= 0.3 is 0 Å². The first-order chi connectivity index (χ1) is 10.3. The molecule has 1 aliphatic carbocycles. The van der Waals surface area contributed by atoms with Crippen molar-refractivity contribution in [2.45, 2.75) is 51.2 Å². The van der Waals surface area contributed by atoms with Crippen LogP contribution in [0.5, 0.6) is 5.75 Å². The third-order valence-electron chi connectivity index (χ3n) is 5.09. The molecule has 2 fully saturated rings. The summed E-state index contributed by atoms with van der Waals surface area (Å²) in [6, 6.07) is 8.42. The Kier molecular flexibility index (Phi) is 4.81. The highest BCUT2D eigenvalue weighted by Gasteiger charge is 2.39. The van der Waals surface area contributed by atoms with Crippen LogP contribution in [0.3, 0.4) is 0 Å². The molecule has 3 nitrogen and oxygen atoms in total. The van der Waals surface area contributed by atoms with Gasteiger partial charge in [-0.2, -0.15) is 0 Å². The Morgan fingerprint density at radius 3 is 2.86 bits per heavy atom. The lowest BCUT2D eigenvalue weighted by Crippen LogP contribution is -2.28. The molecular formula is C18H27NO2. The number of rotatable bonds is 6. The predicted molar refractivity (Wildman–Crippen MR) is 84.4 cm³/mol. The Hall–Kier alpha value is -1.06. The molecule has 21 heavy (non-hydrogen) atoms. The van der Waals surface area contributed by atoms with Gasteiger partial charge in [0.25, 0.3) is 0 Å². The second-order valence-corrected chi connectivity index (χ2v) is 6.54. The van der Waals surface area contributed by atoms with E-state index in [9.17, 15) is 5.11 Å². The molecule has 4 atom stereocenters. The SMILES string of the molecule is CCCOc1ccc(C(O)CC2NCC3CCCC32)cc1. The second kappa shape index (κ2) is 6.80. The van der Waals surface area contributed by atoms with E-state index in [1.807, 2.05) is 24.3 Å². The average molecular weight is 289 g/mol. The first-order valence-electron chi connectivity index (χ1n) is 8.42. The van der Waals surface area contributed by atoms with Crippen molar-refractivity contribution in [3.63, 3.8) is 0 Å². The highest BCUT2D eigenvalue weighted by molar-refractivity contribution is 5.28. The van der Waals surface area contributed by atoms with Gasteiger partial charge in [0.15, 0.2) is 0 Å². The average Bonchev–Trinajstić information content (AvgIpc) is 3.10. The van der Waals surface area contributed by atoms with Crippen LogP contribution < -0.4 is 10.1 Å². The summed E-state index contributed by atoms with van der Waals surface area (Å²) in [6.07, 6.45) is 5.54. The third-order valence-corrected chi connectivity index (χ3v) is 5.09. The number of aliphatic hydroxyl groups excluding tert-OH is 1. The molecule has 3 heteroatoms. The number of nitrogens with one attached hydrogen (secondary N) is 1. The van der Waals surface area contributed by atoms with E-state index in [-0.39, 0.29) is 6.10 Å². The Morgan fingerprint density at radius 1 is 1.29 bits per heavy atom. The summed E-state index contributed by atoms with van der Waals surface area (Å²) in [4.78, 5) is 0. The van der Waals surface area contributed by atoms with E-state index in [4.69, 9.17) is 4.74 Å². The fraction of sp³-hybridized carbons (Fsp3) is 0.667. The van der Waals surface area contributed by atoms with Crippen LogP contribution in [-0.4, -0.2) is 24.3 Å². The molecule has 0 bridgehead atoms. The van der Waals surface area contributed by atoms with Crippen molar-refractivity contribution < 1.29 is 9.84 Å². The standard InChI is InChI=1S/C18H27NO2/c1-2-10-21-15-8-6-13(7-9-15)18(20)11-17-16-5-3-4-14(16)12-19-17/h6-9,14,16-20H,2-5,10-12H2,1H3. The highest BCUT2D eigenvalue weighted by Crippen LogP contribution is 2.40. The Bertz CT molecular complexity index is 445. The molecule has 0 spiro atoms. The molecule has 4 unspecified atom stereocenters. The minimum absolute atomic E-state index is 0.373. The van der Waals surface area contributed by atoms with Gasteiger partial charge in [0.1, 0.15) is 5.75 Å². The topological polar surface area (TPSA) is 41.5 Å². The van der Waals surface area contributed by atoms with Gasteiger partial charge in [-0.05, 0) is 61.8 Å². The molecule has 1 saturated heterocycles. The van der Waals surface area contributed by atoms with E-state index in [2.05, 4.69) is 12.2 Å². The minimum atomic E-state index is -0.373. The summed E-state index contributed by atoms with van der Waals surface area (Å²) in [7, 11) is 0. The van der Waals surface area contributed by atoms with E-state index in [1.54, 1.807) is 0 Å². The first kappa shape index (κ1) is 14.9. The van der Waals surface area contributed by atoms with Crippen LogP contribution in [0.1, 0.15) is 50.7 Å². The van der Waals surface area contributed by atoms with Crippen LogP contribution in [0.25, 0.3) is 0 Å². The van der Waals surface area contributed by atoms with Crippen molar-refractivity contribution in [1.82, 2.24) is 5.32 Å². The quantitative estimate of drug-likeness (QED) is 0.844. The summed E-state index contributed by atoms with van der Waals surface area (Å²) in [6.45, 7) is 3.99. The first-order valence-corrected chi connectivity index (χ1v) is 8.42. The molecular weight excluding hydrogens is 262 g/mol. The maximum absolute atomic E-state index is 10.5. The van der Waals surface area contributed by atoms with Crippen molar-refractivity contribution in [2.75, 3.05) is 13.2 Å². The van der Waals surface area contributed by atoms with Crippen molar-refractivity contribution in [2.24, 2.45) is 11.8 Å². The summed E-state index contributed by atoms with van der Waals surface area (Å²) in [5.41, 5.74) is 1.00. The molecule has 1 saturated carbocycles. The van der Waals surface area contributed by atoms with Gasteiger partial charge in [-0.25, -0.2) is 0 Å². The fourth-order valence-corrected chi connectivity index (χ4v) is 3.94. The van der Waals surface area contributed by atoms with Crippen molar-refractivity contribution in [3.8, 4) is 5.75 Å². The van der Waals surface area contributed by atoms with Gasteiger partial charge in [0, 0.05) is 6.04 Å². The van der Waals surface area contributed by atoms with Crippen molar-refractivity contribution >= 4 is 0 Å². The van der Waals surface area contributed by atoms with E-state index < -0.39 is 0 Å². The molecule has 0 amide bonds. The summed E-state index contributed by atoms with van der Waals surface area (Å²) in [5, 5.41) is 14.1. The maximum atomic E-state index is 10.5. The maximum Gasteiger partial charge on any atom is 0.119 e. The van der Waals surface area contributed by atoms with Crippen LogP contribution in [0, 0.1) is 11.8 Å². The number of ether oxygens (including phenoxy) is 1. The molecule has 1 heterocycles. The summed E-state index contributed by atoms with van der Waals surface area (Å²) in [5.74, 6) is 2.53. The van der Waals surface area contributed by atoms with E-state index in [0.29, 0.717) is 6.04 Å². The lowest BCUT2D eigenvalue weighted by Gasteiger charge is -2.22. The van der Waals surface area contributed by atoms with E-state index >= 15 is 0 Å². The van der Waals surface area contributed by atoms with E-state index in [0.717, 1.165) is 49.1 Å². The lowest BCUT2D eigenvalue weighted by molar-refractivity contribution is 0.145. The molecule has 3 rings (SSSR count). The zero-order valence-corrected chi connectivity index (χ0v) is 12.9. The van der Waals surface area contributed by atoms with Crippen LogP contribution in [0.15, 0.2) is 24.3 Å². The smallest absolute Gasteiger partial charge is 0.119 e. The number of hydrogen-bond donors (Lipinski definition) is 2. The zero-order valence-electron chi connectivity index (χ0n) is 12.9.